The first-order valence-corrected chi connectivity index (χ1v) is 5.68. The average molecular weight is 247 g/mol. The number of rotatable bonds is 4. The van der Waals surface area contributed by atoms with Gasteiger partial charge >= 0.3 is 0 Å². The van der Waals surface area contributed by atoms with Gasteiger partial charge in [0.25, 0.3) is 0 Å². The number of unbranched alkanes of at least 4 members (excludes halogenated alkanes) is 1. The molecule has 0 aliphatic rings. The number of carbonyl (C=O) groups excluding carboxylic acids is 1. The summed E-state index contributed by atoms with van der Waals surface area (Å²) in [7, 11) is 0. The first-order valence-electron chi connectivity index (χ1n) is 4.01. The minimum absolute atomic E-state index is 0.263. The molecular weight excluding hydrogens is 236 g/mol. The maximum absolute atomic E-state index is 11.4. The molecule has 66 valence electrons. The van der Waals surface area contributed by atoms with Gasteiger partial charge in [-0.05, 0) is 28.4 Å². The predicted octanol–water partition coefficient (Wildman–Crippen LogP) is 3.88. The summed E-state index contributed by atoms with van der Waals surface area (Å²) in [6.07, 6.45) is 2.75. The Morgan fingerprint density at radius 3 is 2.92 bits per heavy atom. The van der Waals surface area contributed by atoms with E-state index in [0.29, 0.717) is 6.42 Å². The van der Waals surface area contributed by atoms with Crippen LogP contribution in [0, 0.1) is 0 Å². The van der Waals surface area contributed by atoms with E-state index in [2.05, 4.69) is 22.9 Å². The Hall–Kier alpha value is -0.150. The van der Waals surface area contributed by atoms with E-state index in [4.69, 9.17) is 0 Å². The van der Waals surface area contributed by atoms with Crippen molar-refractivity contribution in [3.05, 3.63) is 20.8 Å². The SMILES string of the molecule is CCCCC(=O)c1csc(Br)c1. The summed E-state index contributed by atoms with van der Waals surface area (Å²) in [5.74, 6) is 0.263. The van der Waals surface area contributed by atoms with Crippen LogP contribution >= 0.6 is 27.3 Å². The molecule has 0 aliphatic carbocycles. The quantitative estimate of drug-likeness (QED) is 0.738. The molecule has 1 aromatic heterocycles. The smallest absolute Gasteiger partial charge is 0.163 e. The van der Waals surface area contributed by atoms with E-state index in [-0.39, 0.29) is 5.78 Å². The molecule has 1 rings (SSSR count). The molecule has 1 aromatic rings. The molecule has 0 amide bonds. The van der Waals surface area contributed by atoms with Crippen LogP contribution in [0.3, 0.4) is 0 Å². The highest BCUT2D eigenvalue weighted by Crippen LogP contribution is 2.21. The van der Waals surface area contributed by atoms with Crippen LogP contribution in [0.2, 0.25) is 0 Å². The first-order chi connectivity index (χ1) is 5.74. The van der Waals surface area contributed by atoms with Crippen LogP contribution in [0.4, 0.5) is 0 Å². The molecule has 0 saturated carbocycles. The van der Waals surface area contributed by atoms with Gasteiger partial charge in [0.05, 0.1) is 3.79 Å². The summed E-state index contributed by atoms with van der Waals surface area (Å²) >= 11 is 4.90. The summed E-state index contributed by atoms with van der Waals surface area (Å²) in [6.45, 7) is 2.09. The number of halogens is 1. The van der Waals surface area contributed by atoms with Crippen molar-refractivity contribution < 1.29 is 4.79 Å². The fourth-order valence-electron chi connectivity index (χ4n) is 0.938. The van der Waals surface area contributed by atoms with E-state index in [1.165, 1.54) is 0 Å². The van der Waals surface area contributed by atoms with E-state index in [0.717, 1.165) is 22.2 Å². The van der Waals surface area contributed by atoms with Crippen molar-refractivity contribution in [1.29, 1.82) is 0 Å². The van der Waals surface area contributed by atoms with Crippen LogP contribution in [-0.2, 0) is 0 Å². The molecule has 0 N–H and O–H groups in total. The maximum atomic E-state index is 11.4. The molecule has 0 spiro atoms. The Kier molecular flexibility index (Phi) is 3.95. The van der Waals surface area contributed by atoms with Crippen molar-refractivity contribution in [2.24, 2.45) is 0 Å². The number of thiophene rings is 1. The van der Waals surface area contributed by atoms with Gasteiger partial charge in [-0.3, -0.25) is 4.79 Å². The highest BCUT2D eigenvalue weighted by molar-refractivity contribution is 9.11. The van der Waals surface area contributed by atoms with Crippen LogP contribution in [0.25, 0.3) is 0 Å². The maximum Gasteiger partial charge on any atom is 0.163 e. The normalized spacial score (nSPS) is 10.2. The van der Waals surface area contributed by atoms with E-state index in [1.54, 1.807) is 11.3 Å². The third-order valence-electron chi connectivity index (χ3n) is 1.65. The first kappa shape index (κ1) is 9.93. The summed E-state index contributed by atoms with van der Waals surface area (Å²) in [6, 6.07) is 1.89. The number of carbonyl (C=O) groups is 1. The summed E-state index contributed by atoms with van der Waals surface area (Å²) in [4.78, 5) is 11.4. The number of Topliss-reactive ketones (excluding diaryl/α,β-unsaturated/α-hetero) is 1. The molecule has 0 atom stereocenters. The van der Waals surface area contributed by atoms with E-state index in [9.17, 15) is 4.79 Å². The third-order valence-corrected chi connectivity index (χ3v) is 3.15. The lowest BCUT2D eigenvalue weighted by Crippen LogP contribution is -1.95. The lowest BCUT2D eigenvalue weighted by atomic mass is 10.1. The van der Waals surface area contributed by atoms with Gasteiger partial charge in [0, 0.05) is 17.4 Å². The average Bonchev–Trinajstić information content (AvgIpc) is 2.47. The zero-order valence-electron chi connectivity index (χ0n) is 6.97. The number of hydrogen-bond donors (Lipinski definition) is 0. The molecule has 1 heterocycles. The summed E-state index contributed by atoms with van der Waals surface area (Å²) in [5, 5.41) is 1.90. The van der Waals surface area contributed by atoms with E-state index in [1.807, 2.05) is 11.4 Å². The predicted molar refractivity (Wildman–Crippen MR) is 55.9 cm³/mol. The van der Waals surface area contributed by atoms with Gasteiger partial charge < -0.3 is 0 Å². The Balaban J connectivity index is 2.53. The molecule has 0 fully saturated rings. The second-order valence-corrected chi connectivity index (χ2v) is 4.96. The van der Waals surface area contributed by atoms with Crippen LogP contribution in [0.15, 0.2) is 15.2 Å². The molecule has 3 heteroatoms. The second-order valence-electron chi connectivity index (χ2n) is 2.67. The van der Waals surface area contributed by atoms with Gasteiger partial charge in [0.1, 0.15) is 0 Å². The zero-order valence-corrected chi connectivity index (χ0v) is 9.37. The lowest BCUT2D eigenvalue weighted by molar-refractivity contribution is 0.0980. The van der Waals surface area contributed by atoms with Gasteiger partial charge in [-0.2, -0.15) is 0 Å². The fourth-order valence-corrected chi connectivity index (χ4v) is 2.10. The minimum atomic E-state index is 0.263. The van der Waals surface area contributed by atoms with Gasteiger partial charge in [-0.25, -0.2) is 0 Å². The Morgan fingerprint density at radius 1 is 1.67 bits per heavy atom. The fraction of sp³-hybridized carbons (Fsp3) is 0.444. The highest BCUT2D eigenvalue weighted by Gasteiger charge is 2.06. The van der Waals surface area contributed by atoms with Crippen molar-refractivity contribution >= 4 is 33.0 Å². The van der Waals surface area contributed by atoms with Crippen molar-refractivity contribution in [2.45, 2.75) is 26.2 Å². The molecule has 0 bridgehead atoms. The van der Waals surface area contributed by atoms with Gasteiger partial charge in [0.15, 0.2) is 5.78 Å². The van der Waals surface area contributed by atoms with Gasteiger partial charge in [-0.1, -0.05) is 13.3 Å². The van der Waals surface area contributed by atoms with Crippen molar-refractivity contribution in [1.82, 2.24) is 0 Å². The molecule has 0 radical (unpaired) electrons. The Morgan fingerprint density at radius 2 is 2.42 bits per heavy atom. The van der Waals surface area contributed by atoms with E-state index < -0.39 is 0 Å². The highest BCUT2D eigenvalue weighted by atomic mass is 79.9. The zero-order chi connectivity index (χ0) is 8.97. The molecule has 12 heavy (non-hydrogen) atoms. The summed E-state index contributed by atoms with van der Waals surface area (Å²) < 4.78 is 1.03. The largest absolute Gasteiger partial charge is 0.294 e. The van der Waals surface area contributed by atoms with Crippen molar-refractivity contribution in [3.63, 3.8) is 0 Å². The van der Waals surface area contributed by atoms with Gasteiger partial charge in [-0.15, -0.1) is 11.3 Å². The van der Waals surface area contributed by atoms with Crippen LogP contribution in [-0.4, -0.2) is 5.78 Å². The lowest BCUT2D eigenvalue weighted by Gasteiger charge is -1.94. The van der Waals surface area contributed by atoms with Crippen molar-refractivity contribution in [2.75, 3.05) is 0 Å². The molecule has 0 aliphatic heterocycles. The minimum Gasteiger partial charge on any atom is -0.294 e. The number of hydrogen-bond acceptors (Lipinski definition) is 2. The second kappa shape index (κ2) is 4.77. The Labute approximate surface area is 84.9 Å². The van der Waals surface area contributed by atoms with Crippen LogP contribution in [0.5, 0.6) is 0 Å². The standard InChI is InChI=1S/C9H11BrOS/c1-2-3-4-8(11)7-5-9(10)12-6-7/h5-6H,2-4H2,1H3. The Bertz CT molecular complexity index is 267. The van der Waals surface area contributed by atoms with Gasteiger partial charge in [0.2, 0.25) is 0 Å². The number of ketones is 1. The molecular formula is C9H11BrOS. The van der Waals surface area contributed by atoms with Crippen LogP contribution in [0.1, 0.15) is 36.5 Å². The molecule has 0 aromatic carbocycles. The van der Waals surface area contributed by atoms with E-state index >= 15 is 0 Å². The van der Waals surface area contributed by atoms with Crippen molar-refractivity contribution in [3.8, 4) is 0 Å². The molecule has 1 nitrogen and oxygen atoms in total. The monoisotopic (exact) mass is 246 g/mol. The van der Waals surface area contributed by atoms with Crippen LogP contribution < -0.4 is 0 Å². The topological polar surface area (TPSA) is 17.1 Å². The third kappa shape index (κ3) is 2.72. The molecule has 0 unspecified atom stereocenters. The summed E-state index contributed by atoms with van der Waals surface area (Å²) in [5.41, 5.74) is 0.848. The molecule has 0 saturated heterocycles.